The second-order valence-corrected chi connectivity index (χ2v) is 9.61. The highest BCUT2D eigenvalue weighted by Crippen LogP contribution is 2.32. The van der Waals surface area contributed by atoms with Crippen LogP contribution in [-0.2, 0) is 19.9 Å². The fourth-order valence-electron chi connectivity index (χ4n) is 2.24. The summed E-state index contributed by atoms with van der Waals surface area (Å²) >= 11 is 0. The van der Waals surface area contributed by atoms with Crippen LogP contribution in [0.4, 0.5) is 0 Å². The van der Waals surface area contributed by atoms with Crippen LogP contribution in [0.15, 0.2) is 28.3 Å². The van der Waals surface area contributed by atoms with Gasteiger partial charge in [0, 0.05) is 25.5 Å². The molecular formula is C12H19N3O4S2. The molecule has 0 aromatic carbocycles. The van der Waals surface area contributed by atoms with Gasteiger partial charge in [0.05, 0.1) is 0 Å². The molecule has 1 fully saturated rings. The molecular weight excluding hydrogens is 314 g/mol. The van der Waals surface area contributed by atoms with Gasteiger partial charge in [-0.05, 0) is 30.5 Å². The lowest BCUT2D eigenvalue weighted by atomic mass is 9.90. The Hall–Kier alpha value is -1.03. The van der Waals surface area contributed by atoms with Gasteiger partial charge in [0.2, 0.25) is 10.0 Å². The summed E-state index contributed by atoms with van der Waals surface area (Å²) in [6.07, 6.45) is 2.82. The van der Waals surface area contributed by atoms with E-state index in [9.17, 15) is 16.8 Å². The first kappa shape index (κ1) is 16.3. The van der Waals surface area contributed by atoms with Crippen molar-refractivity contribution in [1.29, 1.82) is 0 Å². The van der Waals surface area contributed by atoms with Crippen LogP contribution in [0.1, 0.15) is 13.3 Å². The first-order valence-corrected chi connectivity index (χ1v) is 9.78. The van der Waals surface area contributed by atoms with Gasteiger partial charge in [-0.15, -0.1) is 0 Å². The number of rotatable bonds is 4. The summed E-state index contributed by atoms with van der Waals surface area (Å²) in [7, 11) is -7.10. The number of pyridine rings is 1. The predicted octanol–water partition coefficient (Wildman–Crippen LogP) is -0.155. The molecule has 0 saturated carbocycles. The molecule has 0 radical (unpaired) electrons. The molecule has 1 aliphatic heterocycles. The van der Waals surface area contributed by atoms with Gasteiger partial charge in [0.25, 0.3) is 0 Å². The maximum atomic E-state index is 12.5. The van der Waals surface area contributed by atoms with E-state index in [2.05, 4.69) is 4.98 Å². The van der Waals surface area contributed by atoms with Crippen molar-refractivity contribution in [3.05, 3.63) is 18.3 Å². The lowest BCUT2D eigenvalue weighted by Crippen LogP contribution is -2.34. The average Bonchev–Trinajstić information content (AvgIpc) is 2.82. The van der Waals surface area contributed by atoms with Crippen LogP contribution >= 0.6 is 0 Å². The average molecular weight is 333 g/mol. The molecule has 2 rings (SSSR count). The Morgan fingerprint density at radius 2 is 2.00 bits per heavy atom. The smallest absolute Gasteiger partial charge is 0.244 e. The van der Waals surface area contributed by atoms with Gasteiger partial charge in [-0.2, -0.15) is 4.31 Å². The number of sulfone groups is 1. The Bertz CT molecular complexity index is 728. The number of sulfonamides is 1. The third-order valence-corrected chi connectivity index (χ3v) is 6.57. The standard InChI is InChI=1S/C12H19N3O4S2/c1-12(8-13)5-6-15(9-12)21(18,19)10-3-4-11(14-7-10)20(2,16)17/h3-4,7H,5-6,8-9,13H2,1-2H3. The van der Waals surface area contributed by atoms with Crippen molar-refractivity contribution >= 4 is 19.9 Å². The Kier molecular flexibility index (Phi) is 4.13. The number of hydrogen-bond acceptors (Lipinski definition) is 6. The molecule has 1 saturated heterocycles. The van der Waals surface area contributed by atoms with Crippen molar-refractivity contribution in [2.75, 3.05) is 25.9 Å². The molecule has 2 N–H and O–H groups in total. The molecule has 1 aliphatic rings. The van der Waals surface area contributed by atoms with E-state index in [0.29, 0.717) is 26.1 Å². The fraction of sp³-hybridized carbons (Fsp3) is 0.583. The Labute approximate surface area is 125 Å². The van der Waals surface area contributed by atoms with Crippen molar-refractivity contribution in [3.8, 4) is 0 Å². The molecule has 118 valence electrons. The summed E-state index contributed by atoms with van der Waals surface area (Å²) in [5.74, 6) is 0. The third-order valence-electron chi connectivity index (χ3n) is 3.74. The first-order chi connectivity index (χ1) is 9.58. The van der Waals surface area contributed by atoms with E-state index >= 15 is 0 Å². The maximum absolute atomic E-state index is 12.5. The summed E-state index contributed by atoms with van der Waals surface area (Å²) in [5.41, 5.74) is 5.46. The summed E-state index contributed by atoms with van der Waals surface area (Å²) < 4.78 is 49.0. The zero-order valence-electron chi connectivity index (χ0n) is 12.0. The zero-order chi connectivity index (χ0) is 15.9. The lowest BCUT2D eigenvalue weighted by molar-refractivity contribution is 0.349. The van der Waals surface area contributed by atoms with E-state index in [4.69, 9.17) is 5.73 Å². The van der Waals surface area contributed by atoms with E-state index in [1.807, 2.05) is 6.92 Å². The van der Waals surface area contributed by atoms with Crippen LogP contribution in [0.2, 0.25) is 0 Å². The van der Waals surface area contributed by atoms with Gasteiger partial charge >= 0.3 is 0 Å². The van der Waals surface area contributed by atoms with Gasteiger partial charge in [-0.3, -0.25) is 0 Å². The van der Waals surface area contributed by atoms with E-state index in [1.165, 1.54) is 16.4 Å². The van der Waals surface area contributed by atoms with Crippen molar-refractivity contribution in [2.45, 2.75) is 23.3 Å². The minimum absolute atomic E-state index is 0.00354. The second-order valence-electron chi connectivity index (χ2n) is 5.71. The predicted molar refractivity (Wildman–Crippen MR) is 77.9 cm³/mol. The maximum Gasteiger partial charge on any atom is 0.244 e. The van der Waals surface area contributed by atoms with E-state index in [-0.39, 0.29) is 15.3 Å². The van der Waals surface area contributed by atoms with Gasteiger partial charge < -0.3 is 5.73 Å². The Balaban J connectivity index is 2.29. The monoisotopic (exact) mass is 333 g/mol. The molecule has 7 nitrogen and oxygen atoms in total. The molecule has 1 aromatic rings. The fourth-order valence-corrected chi connectivity index (χ4v) is 4.33. The number of hydrogen-bond donors (Lipinski definition) is 1. The molecule has 21 heavy (non-hydrogen) atoms. The SMILES string of the molecule is CC1(CN)CCN(S(=O)(=O)c2ccc(S(C)(=O)=O)nc2)C1. The summed E-state index contributed by atoms with van der Waals surface area (Å²) in [6, 6.07) is 2.48. The van der Waals surface area contributed by atoms with Crippen LogP contribution in [0, 0.1) is 5.41 Å². The second kappa shape index (κ2) is 5.31. The molecule has 0 amide bonds. The van der Waals surface area contributed by atoms with Gasteiger partial charge in [0.1, 0.15) is 4.90 Å². The van der Waals surface area contributed by atoms with Crippen molar-refractivity contribution in [2.24, 2.45) is 11.1 Å². The highest BCUT2D eigenvalue weighted by molar-refractivity contribution is 7.90. The van der Waals surface area contributed by atoms with Crippen LogP contribution in [0.25, 0.3) is 0 Å². The molecule has 1 unspecified atom stereocenters. The highest BCUT2D eigenvalue weighted by atomic mass is 32.2. The zero-order valence-corrected chi connectivity index (χ0v) is 13.6. The largest absolute Gasteiger partial charge is 0.330 e. The van der Waals surface area contributed by atoms with Gasteiger partial charge in [-0.1, -0.05) is 6.92 Å². The van der Waals surface area contributed by atoms with Gasteiger partial charge in [0.15, 0.2) is 14.9 Å². The highest BCUT2D eigenvalue weighted by Gasteiger charge is 2.39. The molecule has 9 heteroatoms. The molecule has 0 bridgehead atoms. The number of aromatic nitrogens is 1. The van der Waals surface area contributed by atoms with Crippen molar-refractivity contribution < 1.29 is 16.8 Å². The van der Waals surface area contributed by atoms with Crippen LogP contribution in [-0.4, -0.2) is 52.0 Å². The normalized spacial score (nSPS) is 24.3. The number of nitrogens with zero attached hydrogens (tertiary/aromatic N) is 2. The van der Waals surface area contributed by atoms with Crippen LogP contribution < -0.4 is 5.73 Å². The Morgan fingerprint density at radius 3 is 2.43 bits per heavy atom. The summed E-state index contributed by atoms with van der Waals surface area (Å²) in [4.78, 5) is 3.72. The van der Waals surface area contributed by atoms with E-state index < -0.39 is 19.9 Å². The van der Waals surface area contributed by atoms with E-state index in [0.717, 1.165) is 12.5 Å². The lowest BCUT2D eigenvalue weighted by Gasteiger charge is -2.22. The molecule has 1 aromatic heterocycles. The molecule has 2 heterocycles. The molecule has 1 atom stereocenters. The molecule has 0 spiro atoms. The minimum Gasteiger partial charge on any atom is -0.330 e. The first-order valence-electron chi connectivity index (χ1n) is 6.45. The number of nitrogens with two attached hydrogens (primary N) is 1. The van der Waals surface area contributed by atoms with Crippen LogP contribution in [0.3, 0.4) is 0 Å². The molecule has 0 aliphatic carbocycles. The van der Waals surface area contributed by atoms with E-state index in [1.54, 1.807) is 0 Å². The van der Waals surface area contributed by atoms with Crippen LogP contribution in [0.5, 0.6) is 0 Å². The van der Waals surface area contributed by atoms with Crippen molar-refractivity contribution in [3.63, 3.8) is 0 Å². The third kappa shape index (κ3) is 3.25. The summed E-state index contributed by atoms with van der Waals surface area (Å²) in [6.45, 7) is 3.14. The summed E-state index contributed by atoms with van der Waals surface area (Å²) in [5, 5.41) is -0.144. The topological polar surface area (TPSA) is 110 Å². The van der Waals surface area contributed by atoms with Crippen molar-refractivity contribution in [1.82, 2.24) is 9.29 Å². The Morgan fingerprint density at radius 1 is 1.33 bits per heavy atom. The minimum atomic E-state index is -3.66. The van der Waals surface area contributed by atoms with Gasteiger partial charge in [-0.25, -0.2) is 21.8 Å². The quantitative estimate of drug-likeness (QED) is 0.820.